The lowest BCUT2D eigenvalue weighted by Crippen LogP contribution is -2.38. The molecule has 2 aromatic carbocycles. The highest BCUT2D eigenvalue weighted by atomic mass is 35.5. The fourth-order valence-electron chi connectivity index (χ4n) is 2.25. The van der Waals surface area contributed by atoms with Crippen LogP contribution >= 0.6 is 23.2 Å². The zero-order valence-corrected chi connectivity index (χ0v) is 16.7. The summed E-state index contributed by atoms with van der Waals surface area (Å²) in [6, 6.07) is 10.2. The molecule has 2 rings (SSSR count). The van der Waals surface area contributed by atoms with Crippen LogP contribution in [0.4, 0.5) is 15.3 Å². The van der Waals surface area contributed by atoms with Gasteiger partial charge < -0.3 is 20.5 Å². The standard InChI is InChI=1S/C19H17Cl2N3O5/c1-29-16-7-4-14(21)9-11(16)8-12(10-22-19(27)28)17(25)24-18(26)23-15-5-2-13(20)3-6-15/h2-9,22H,10H2,1H3,(H,27,28)(H2,23,24,25,26)/b12-8-. The van der Waals surface area contributed by atoms with E-state index in [1.807, 2.05) is 0 Å². The molecule has 0 aliphatic carbocycles. The van der Waals surface area contributed by atoms with Crippen molar-refractivity contribution in [2.24, 2.45) is 0 Å². The van der Waals surface area contributed by atoms with E-state index in [1.165, 1.54) is 13.2 Å². The van der Waals surface area contributed by atoms with Crippen LogP contribution in [0.2, 0.25) is 10.0 Å². The predicted octanol–water partition coefficient (Wildman–Crippen LogP) is 4.00. The lowest BCUT2D eigenvalue weighted by atomic mass is 10.1. The molecule has 29 heavy (non-hydrogen) atoms. The van der Waals surface area contributed by atoms with E-state index in [4.69, 9.17) is 33.0 Å². The highest BCUT2D eigenvalue weighted by molar-refractivity contribution is 6.31. The Morgan fingerprint density at radius 1 is 1.07 bits per heavy atom. The second kappa shape index (κ2) is 10.4. The van der Waals surface area contributed by atoms with E-state index in [0.717, 1.165) is 0 Å². The van der Waals surface area contributed by atoms with Gasteiger partial charge in [-0.3, -0.25) is 10.1 Å². The fraction of sp³-hybridized carbons (Fsp3) is 0.105. The first-order valence-electron chi connectivity index (χ1n) is 8.17. The first-order chi connectivity index (χ1) is 13.8. The van der Waals surface area contributed by atoms with Crippen molar-refractivity contribution in [2.45, 2.75) is 0 Å². The Morgan fingerprint density at radius 2 is 1.72 bits per heavy atom. The molecule has 0 saturated carbocycles. The number of amides is 4. The summed E-state index contributed by atoms with van der Waals surface area (Å²) in [6.07, 6.45) is 0.0540. The van der Waals surface area contributed by atoms with Gasteiger partial charge in [0.2, 0.25) is 0 Å². The van der Waals surface area contributed by atoms with E-state index in [2.05, 4.69) is 16.0 Å². The van der Waals surface area contributed by atoms with Crippen molar-refractivity contribution >= 4 is 53.0 Å². The van der Waals surface area contributed by atoms with E-state index in [1.54, 1.807) is 42.5 Å². The zero-order chi connectivity index (χ0) is 21.4. The first-order valence-corrected chi connectivity index (χ1v) is 8.93. The average Bonchev–Trinajstić information content (AvgIpc) is 2.66. The number of halogens is 2. The number of rotatable bonds is 6. The van der Waals surface area contributed by atoms with E-state index in [-0.39, 0.29) is 12.1 Å². The topological polar surface area (TPSA) is 117 Å². The maximum atomic E-state index is 12.5. The van der Waals surface area contributed by atoms with Crippen LogP contribution in [0, 0.1) is 0 Å². The number of methoxy groups -OCH3 is 1. The molecule has 4 amide bonds. The Morgan fingerprint density at radius 3 is 2.34 bits per heavy atom. The molecule has 10 heteroatoms. The Balaban J connectivity index is 2.21. The van der Waals surface area contributed by atoms with Gasteiger partial charge in [0.25, 0.3) is 5.91 Å². The third-order valence-corrected chi connectivity index (χ3v) is 4.06. The van der Waals surface area contributed by atoms with Crippen LogP contribution in [-0.4, -0.2) is 36.8 Å². The molecule has 4 N–H and O–H groups in total. The van der Waals surface area contributed by atoms with E-state index in [9.17, 15) is 14.4 Å². The van der Waals surface area contributed by atoms with Gasteiger partial charge in [-0.15, -0.1) is 0 Å². The van der Waals surface area contributed by atoms with Gasteiger partial charge >= 0.3 is 12.1 Å². The van der Waals surface area contributed by atoms with Crippen LogP contribution in [0.15, 0.2) is 48.0 Å². The Labute approximate surface area is 176 Å². The number of hydrogen-bond donors (Lipinski definition) is 4. The number of anilines is 1. The summed E-state index contributed by atoms with van der Waals surface area (Å²) in [4.78, 5) is 35.5. The first kappa shape index (κ1) is 22.1. The van der Waals surface area contributed by atoms with Gasteiger partial charge in [0.05, 0.1) is 13.7 Å². The highest BCUT2D eigenvalue weighted by Gasteiger charge is 2.16. The molecule has 0 spiro atoms. The van der Waals surface area contributed by atoms with Crippen LogP contribution in [-0.2, 0) is 4.79 Å². The second-order valence-corrected chi connectivity index (χ2v) is 6.50. The summed E-state index contributed by atoms with van der Waals surface area (Å²) in [5.74, 6) is -0.382. The monoisotopic (exact) mass is 437 g/mol. The maximum Gasteiger partial charge on any atom is 0.404 e. The van der Waals surface area contributed by atoms with Crippen molar-refractivity contribution < 1.29 is 24.2 Å². The van der Waals surface area contributed by atoms with Crippen molar-refractivity contribution in [3.63, 3.8) is 0 Å². The maximum absolute atomic E-state index is 12.5. The van der Waals surface area contributed by atoms with Crippen LogP contribution in [0.25, 0.3) is 6.08 Å². The fourth-order valence-corrected chi connectivity index (χ4v) is 2.56. The van der Waals surface area contributed by atoms with Crippen molar-refractivity contribution in [1.82, 2.24) is 10.6 Å². The summed E-state index contributed by atoms with van der Waals surface area (Å²) in [5, 5.41) is 16.4. The van der Waals surface area contributed by atoms with Gasteiger partial charge in [0.15, 0.2) is 0 Å². The SMILES string of the molecule is COc1ccc(Cl)cc1/C=C(/CNC(=O)O)C(=O)NC(=O)Nc1ccc(Cl)cc1. The molecule has 0 atom stereocenters. The minimum atomic E-state index is -1.33. The third-order valence-electron chi connectivity index (χ3n) is 3.57. The van der Waals surface area contributed by atoms with Gasteiger partial charge in [-0.2, -0.15) is 0 Å². The van der Waals surface area contributed by atoms with E-state index < -0.39 is 18.0 Å². The van der Waals surface area contributed by atoms with Crippen LogP contribution < -0.4 is 20.7 Å². The number of ether oxygens (including phenoxy) is 1. The molecule has 0 radical (unpaired) electrons. The number of imide groups is 1. The molecule has 0 bridgehead atoms. The summed E-state index contributed by atoms with van der Waals surface area (Å²) in [5.41, 5.74) is 0.833. The molecule has 0 aliphatic rings. The van der Waals surface area contributed by atoms with Crippen LogP contribution in [0.1, 0.15) is 5.56 Å². The van der Waals surface area contributed by atoms with Gasteiger partial charge in [0.1, 0.15) is 5.75 Å². The lowest BCUT2D eigenvalue weighted by molar-refractivity contribution is -0.116. The molecule has 0 heterocycles. The predicted molar refractivity (Wildman–Crippen MR) is 111 cm³/mol. The van der Waals surface area contributed by atoms with Crippen molar-refractivity contribution in [3.8, 4) is 5.75 Å². The molecule has 2 aromatic rings. The van der Waals surface area contributed by atoms with Crippen molar-refractivity contribution in [3.05, 3.63) is 63.6 Å². The molecule has 8 nitrogen and oxygen atoms in total. The molecule has 0 aliphatic heterocycles. The largest absolute Gasteiger partial charge is 0.496 e. The summed E-state index contributed by atoms with van der Waals surface area (Å²) in [7, 11) is 1.44. The average molecular weight is 438 g/mol. The highest BCUT2D eigenvalue weighted by Crippen LogP contribution is 2.25. The van der Waals surface area contributed by atoms with E-state index >= 15 is 0 Å². The summed E-state index contributed by atoms with van der Waals surface area (Å²) < 4.78 is 5.21. The smallest absolute Gasteiger partial charge is 0.404 e. The number of carbonyl (C=O) groups excluding carboxylic acids is 2. The molecule has 0 aromatic heterocycles. The van der Waals surface area contributed by atoms with Gasteiger partial charge in [-0.05, 0) is 48.5 Å². The summed E-state index contributed by atoms with van der Waals surface area (Å²) >= 11 is 11.8. The number of urea groups is 1. The van der Waals surface area contributed by atoms with Gasteiger partial charge in [-0.25, -0.2) is 9.59 Å². The quantitative estimate of drug-likeness (QED) is 0.509. The Bertz CT molecular complexity index is 945. The third kappa shape index (κ3) is 7.02. The Kier molecular flexibility index (Phi) is 7.88. The number of carboxylic acid groups (broad SMARTS) is 1. The minimum Gasteiger partial charge on any atom is -0.496 e. The Hall–Kier alpha value is -3.23. The number of benzene rings is 2. The molecule has 0 unspecified atom stereocenters. The minimum absolute atomic E-state index is 0.0285. The van der Waals surface area contributed by atoms with Gasteiger partial charge in [-0.1, -0.05) is 23.2 Å². The molecular formula is C19H17Cl2N3O5. The molecule has 0 fully saturated rings. The molecular weight excluding hydrogens is 421 g/mol. The van der Waals surface area contributed by atoms with Crippen LogP contribution in [0.3, 0.4) is 0 Å². The zero-order valence-electron chi connectivity index (χ0n) is 15.2. The van der Waals surface area contributed by atoms with Crippen LogP contribution in [0.5, 0.6) is 5.75 Å². The number of carbonyl (C=O) groups is 3. The second-order valence-electron chi connectivity index (χ2n) is 5.63. The molecule has 152 valence electrons. The lowest BCUT2D eigenvalue weighted by Gasteiger charge is -2.11. The number of nitrogens with one attached hydrogen (secondary N) is 3. The van der Waals surface area contributed by atoms with Crippen molar-refractivity contribution in [1.29, 1.82) is 0 Å². The number of hydrogen-bond acceptors (Lipinski definition) is 4. The van der Waals surface area contributed by atoms with Gasteiger partial charge in [0, 0.05) is 26.9 Å². The van der Waals surface area contributed by atoms with E-state index in [0.29, 0.717) is 27.0 Å². The molecule has 0 saturated heterocycles. The summed E-state index contributed by atoms with van der Waals surface area (Å²) in [6.45, 7) is -0.342. The van der Waals surface area contributed by atoms with Crippen molar-refractivity contribution in [2.75, 3.05) is 19.0 Å². The normalized spacial score (nSPS) is 10.8.